The summed E-state index contributed by atoms with van der Waals surface area (Å²) in [6.45, 7) is 0. The van der Waals surface area contributed by atoms with Crippen LogP contribution in [0.2, 0.25) is 0 Å². The number of thioether (sulfide) groups is 1. The Balaban J connectivity index is 2.78. The highest BCUT2D eigenvalue weighted by Crippen LogP contribution is 2.11. The van der Waals surface area contributed by atoms with Gasteiger partial charge in [-0.3, -0.25) is 24.2 Å². The van der Waals surface area contributed by atoms with E-state index in [9.17, 15) is 14.4 Å². The van der Waals surface area contributed by atoms with E-state index in [-0.39, 0.29) is 6.42 Å². The number of rotatable bonds is 4. The van der Waals surface area contributed by atoms with Crippen molar-refractivity contribution in [1.29, 1.82) is 0 Å². The number of aryl methyl sites for hydroxylation is 1. The van der Waals surface area contributed by atoms with Crippen molar-refractivity contribution >= 4 is 17.7 Å². The maximum Gasteiger partial charge on any atom is 0.339 e. The van der Waals surface area contributed by atoms with Crippen molar-refractivity contribution in [3.63, 3.8) is 0 Å². The van der Waals surface area contributed by atoms with Crippen molar-refractivity contribution in [1.82, 2.24) is 14.8 Å². The molecule has 0 aliphatic carbocycles. The third-order valence-electron chi connectivity index (χ3n) is 1.49. The fourth-order valence-corrected chi connectivity index (χ4v) is 1.67. The molecule has 0 aliphatic heterocycles. The molecule has 0 unspecified atom stereocenters. The van der Waals surface area contributed by atoms with E-state index in [2.05, 4.69) is 10.1 Å². The van der Waals surface area contributed by atoms with Crippen LogP contribution in [0.4, 0.5) is 0 Å². The minimum Gasteiger partial charge on any atom is -0.481 e. The van der Waals surface area contributed by atoms with Crippen LogP contribution in [-0.2, 0) is 11.8 Å². The van der Waals surface area contributed by atoms with Crippen LogP contribution < -0.4 is 11.1 Å². The lowest BCUT2D eigenvalue weighted by Crippen LogP contribution is -2.33. The summed E-state index contributed by atoms with van der Waals surface area (Å²) in [7, 11) is 1.52. The highest BCUT2D eigenvalue weighted by Gasteiger charge is 2.05. The van der Waals surface area contributed by atoms with Crippen LogP contribution in [-0.4, -0.2) is 31.6 Å². The molecule has 1 aromatic rings. The summed E-state index contributed by atoms with van der Waals surface area (Å²) in [4.78, 5) is 35.4. The number of hydrogen-bond donors (Lipinski definition) is 2. The van der Waals surface area contributed by atoms with E-state index in [1.165, 1.54) is 11.7 Å². The molecule has 15 heavy (non-hydrogen) atoms. The first-order valence-electron chi connectivity index (χ1n) is 4.02. The third kappa shape index (κ3) is 3.24. The van der Waals surface area contributed by atoms with Crippen LogP contribution in [0.25, 0.3) is 0 Å². The number of aromatic nitrogens is 3. The normalized spacial score (nSPS) is 10.2. The summed E-state index contributed by atoms with van der Waals surface area (Å²) in [6.07, 6.45) is -0.0281. The molecule has 1 aromatic heterocycles. The van der Waals surface area contributed by atoms with Crippen LogP contribution in [0.15, 0.2) is 14.7 Å². The largest absolute Gasteiger partial charge is 0.481 e. The Kier molecular flexibility index (Phi) is 3.67. The predicted molar refractivity (Wildman–Crippen MR) is 53.1 cm³/mol. The summed E-state index contributed by atoms with van der Waals surface area (Å²) in [5, 5.41) is 11.0. The number of aliphatic carboxylic acids is 1. The molecule has 0 bridgehead atoms. The number of carbonyl (C=O) groups is 1. The van der Waals surface area contributed by atoms with Gasteiger partial charge in [-0.15, -0.1) is 0 Å². The highest BCUT2D eigenvalue weighted by atomic mass is 32.2. The van der Waals surface area contributed by atoms with Gasteiger partial charge in [0.15, 0.2) is 5.16 Å². The molecule has 0 spiro atoms. The Morgan fingerprint density at radius 3 is 2.87 bits per heavy atom. The zero-order valence-electron chi connectivity index (χ0n) is 7.89. The van der Waals surface area contributed by atoms with Crippen LogP contribution in [0.5, 0.6) is 0 Å². The van der Waals surface area contributed by atoms with E-state index in [0.29, 0.717) is 10.9 Å². The molecule has 1 heterocycles. The molecule has 1 rings (SSSR count). The van der Waals surface area contributed by atoms with Gasteiger partial charge in [0.05, 0.1) is 6.42 Å². The molecule has 0 fully saturated rings. The molecule has 0 aliphatic rings. The topological polar surface area (TPSA) is 105 Å². The molecule has 2 N–H and O–H groups in total. The SMILES string of the molecule is Cn1[nH]c(=O)c(=O)nc1SCCC(=O)O. The lowest BCUT2D eigenvalue weighted by molar-refractivity contribution is -0.136. The van der Waals surface area contributed by atoms with Crippen molar-refractivity contribution in [2.75, 3.05) is 5.75 Å². The van der Waals surface area contributed by atoms with Crippen LogP contribution in [0.1, 0.15) is 6.42 Å². The quantitative estimate of drug-likeness (QED) is 0.510. The Morgan fingerprint density at radius 2 is 2.27 bits per heavy atom. The standard InChI is InChI=1S/C7H9N3O4S/c1-10-7(15-3-2-4(11)12)8-5(13)6(14)9-10/h2-3H2,1H3,(H,9,14)(H,11,12). The summed E-state index contributed by atoms with van der Waals surface area (Å²) in [5.41, 5.74) is -1.66. The van der Waals surface area contributed by atoms with Crippen LogP contribution in [0, 0.1) is 0 Å². The summed E-state index contributed by atoms with van der Waals surface area (Å²) in [5.74, 6) is -0.626. The molecular formula is C7H9N3O4S. The van der Waals surface area contributed by atoms with Gasteiger partial charge in [-0.25, -0.2) is 0 Å². The molecule has 82 valence electrons. The van der Waals surface area contributed by atoms with Crippen molar-refractivity contribution < 1.29 is 9.90 Å². The summed E-state index contributed by atoms with van der Waals surface area (Å²) in [6, 6.07) is 0. The molecular weight excluding hydrogens is 222 g/mol. The third-order valence-corrected chi connectivity index (χ3v) is 2.53. The fourth-order valence-electron chi connectivity index (χ4n) is 0.819. The first-order chi connectivity index (χ1) is 7.00. The van der Waals surface area contributed by atoms with Crippen molar-refractivity contribution in [3.05, 3.63) is 20.7 Å². The Bertz CT molecular complexity index is 478. The van der Waals surface area contributed by atoms with Gasteiger partial charge in [-0.2, -0.15) is 4.98 Å². The molecule has 0 saturated carbocycles. The number of carboxylic acid groups (broad SMARTS) is 1. The van der Waals surface area contributed by atoms with Crippen molar-refractivity contribution in [2.24, 2.45) is 7.05 Å². The number of carboxylic acids is 1. The predicted octanol–water partition coefficient (Wildman–Crippen LogP) is -0.965. The van der Waals surface area contributed by atoms with Gasteiger partial charge >= 0.3 is 17.1 Å². The van der Waals surface area contributed by atoms with Gasteiger partial charge in [0.25, 0.3) is 0 Å². The molecule has 7 nitrogen and oxygen atoms in total. The van der Waals surface area contributed by atoms with Gasteiger partial charge in [0.1, 0.15) is 0 Å². The number of hydrogen-bond acceptors (Lipinski definition) is 5. The number of aromatic amines is 1. The minimum atomic E-state index is -0.920. The maximum absolute atomic E-state index is 10.9. The van der Waals surface area contributed by atoms with E-state index < -0.39 is 17.1 Å². The van der Waals surface area contributed by atoms with Gasteiger partial charge in [0, 0.05) is 12.8 Å². The van der Waals surface area contributed by atoms with Gasteiger partial charge in [0.2, 0.25) is 0 Å². The van der Waals surface area contributed by atoms with Gasteiger partial charge in [-0.05, 0) is 0 Å². The monoisotopic (exact) mass is 231 g/mol. The van der Waals surface area contributed by atoms with Crippen molar-refractivity contribution in [3.8, 4) is 0 Å². The Morgan fingerprint density at radius 1 is 1.60 bits per heavy atom. The maximum atomic E-state index is 10.9. The molecule has 0 amide bonds. The molecule has 0 atom stereocenters. The van der Waals surface area contributed by atoms with Crippen LogP contribution >= 0.6 is 11.8 Å². The number of nitrogens with zero attached hydrogens (tertiary/aromatic N) is 2. The zero-order chi connectivity index (χ0) is 11.4. The smallest absolute Gasteiger partial charge is 0.339 e. The zero-order valence-corrected chi connectivity index (χ0v) is 8.71. The van der Waals surface area contributed by atoms with E-state index in [1.54, 1.807) is 0 Å². The minimum absolute atomic E-state index is 0.0281. The lowest BCUT2D eigenvalue weighted by atomic mass is 10.5. The number of H-pyrrole nitrogens is 1. The first kappa shape index (κ1) is 11.5. The summed E-state index contributed by atoms with van der Waals surface area (Å²) < 4.78 is 1.29. The molecule has 0 saturated heterocycles. The van der Waals surface area contributed by atoms with Crippen molar-refractivity contribution in [2.45, 2.75) is 11.6 Å². The number of nitrogens with one attached hydrogen (secondary N) is 1. The average molecular weight is 231 g/mol. The second-order valence-corrected chi connectivity index (χ2v) is 3.75. The average Bonchev–Trinajstić information content (AvgIpc) is 2.13. The molecule has 8 heteroatoms. The fraction of sp³-hybridized carbons (Fsp3) is 0.429. The van der Waals surface area contributed by atoms with Gasteiger partial charge < -0.3 is 5.11 Å². The summed E-state index contributed by atoms with van der Waals surface area (Å²) >= 11 is 1.10. The van der Waals surface area contributed by atoms with E-state index in [1.807, 2.05) is 0 Å². The highest BCUT2D eigenvalue weighted by molar-refractivity contribution is 7.99. The van der Waals surface area contributed by atoms with E-state index >= 15 is 0 Å². The molecule has 0 aromatic carbocycles. The molecule has 0 radical (unpaired) electrons. The Labute approximate surface area is 88.1 Å². The first-order valence-corrected chi connectivity index (χ1v) is 5.01. The lowest BCUT2D eigenvalue weighted by Gasteiger charge is -2.03. The second-order valence-electron chi connectivity index (χ2n) is 2.69. The van der Waals surface area contributed by atoms with Crippen LogP contribution in [0.3, 0.4) is 0 Å². The van der Waals surface area contributed by atoms with Gasteiger partial charge in [-0.1, -0.05) is 11.8 Å². The van der Waals surface area contributed by atoms with E-state index in [4.69, 9.17) is 5.11 Å². The second kappa shape index (κ2) is 4.78. The van der Waals surface area contributed by atoms with E-state index in [0.717, 1.165) is 11.8 Å². The Hall–Kier alpha value is -1.57.